The number of anilines is 9. The van der Waals surface area contributed by atoms with Crippen molar-refractivity contribution in [2.45, 2.75) is 201 Å². The predicted molar refractivity (Wildman–Crippen MR) is 344 cm³/mol. The summed E-state index contributed by atoms with van der Waals surface area (Å²) in [7, 11) is 0. The Morgan fingerprint density at radius 3 is 1.34 bits per heavy atom. The van der Waals surface area contributed by atoms with Gasteiger partial charge in [0, 0.05) is 39.2 Å². The first kappa shape index (κ1) is 52.9. The lowest BCUT2D eigenvalue weighted by molar-refractivity contribution is 0.332. The standard InChI is InChI=1S/C75H86BN3O/c1-68(2,3)45-28-30-48(31-29-45)79-63-40-50(77-59-26-22-20-24-52(59)75(18,19)53-25-21-23-27-60(53)77)39-62-65(63)76(67-66(79)51-41-54-57(44-64(51)80-67)74(16,17)35-32-71(54,10)11)58-42-55-56(73(14,15)34-33-72(55,12)13)43-61(58)78(62)49-37-46(69(4,5)6)36-47(38-49)70(7,8)9/h20-31,36-44H,32-35H2,1-19H3. The molecular formula is C75H86BN3O. The van der Waals surface area contributed by atoms with Gasteiger partial charge in [-0.05, 0) is 191 Å². The van der Waals surface area contributed by atoms with E-state index in [1.165, 1.54) is 101 Å². The Hall–Kier alpha value is -6.46. The van der Waals surface area contributed by atoms with Gasteiger partial charge in [0.15, 0.2) is 0 Å². The van der Waals surface area contributed by atoms with Crippen LogP contribution < -0.4 is 31.3 Å². The maximum Gasteiger partial charge on any atom is 0.297 e. The van der Waals surface area contributed by atoms with Gasteiger partial charge in [-0.1, -0.05) is 192 Å². The molecule has 4 nitrogen and oxygen atoms in total. The summed E-state index contributed by atoms with van der Waals surface area (Å²) >= 11 is 0. The Balaban J connectivity index is 1.23. The number of hydrogen-bond donors (Lipinski definition) is 0. The molecule has 5 heteroatoms. The lowest BCUT2D eigenvalue weighted by atomic mass is 9.35. The fourth-order valence-corrected chi connectivity index (χ4v) is 14.9. The summed E-state index contributed by atoms with van der Waals surface area (Å²) in [6.07, 6.45) is 4.54. The van der Waals surface area contributed by atoms with Crippen LogP contribution in [0, 0.1) is 0 Å². The highest BCUT2D eigenvalue weighted by Gasteiger charge is 2.51. The quantitative estimate of drug-likeness (QED) is 0.165. The van der Waals surface area contributed by atoms with Crippen LogP contribution in [0.3, 0.4) is 0 Å². The minimum Gasteiger partial charge on any atom is -0.468 e. The summed E-state index contributed by atoms with van der Waals surface area (Å²) in [5.41, 5.74) is 27.2. The van der Waals surface area contributed by atoms with Crippen LogP contribution in [-0.2, 0) is 43.3 Å². The molecular weight excluding hydrogens is 970 g/mol. The maximum atomic E-state index is 7.85. The highest BCUT2D eigenvalue weighted by Crippen LogP contribution is 2.57. The summed E-state index contributed by atoms with van der Waals surface area (Å²) in [4.78, 5) is 7.93. The minimum absolute atomic E-state index is 0.000998. The molecule has 13 rings (SSSR count). The van der Waals surface area contributed by atoms with Gasteiger partial charge in [-0.15, -0.1) is 0 Å². The van der Waals surface area contributed by atoms with Gasteiger partial charge in [0.25, 0.3) is 6.71 Å². The molecule has 4 heterocycles. The van der Waals surface area contributed by atoms with Crippen LogP contribution in [-0.4, -0.2) is 6.71 Å². The Bertz CT molecular complexity index is 3810. The van der Waals surface area contributed by atoms with Crippen LogP contribution in [0.4, 0.5) is 51.2 Å². The average Bonchev–Trinajstić information content (AvgIpc) is 3.92. The third-order valence-electron chi connectivity index (χ3n) is 20.4. The zero-order valence-corrected chi connectivity index (χ0v) is 51.8. The summed E-state index contributed by atoms with van der Waals surface area (Å²) in [5.74, 6) is 0. The molecule has 0 saturated heterocycles. The van der Waals surface area contributed by atoms with Crippen molar-refractivity contribution in [3.63, 3.8) is 0 Å². The first-order valence-corrected chi connectivity index (χ1v) is 30.1. The van der Waals surface area contributed by atoms with Crippen molar-refractivity contribution in [2.75, 3.05) is 14.7 Å². The molecule has 1 aromatic heterocycles. The maximum absolute atomic E-state index is 7.85. The number of para-hydroxylation sites is 2. The van der Waals surface area contributed by atoms with E-state index in [0.717, 1.165) is 54.0 Å². The van der Waals surface area contributed by atoms with Gasteiger partial charge >= 0.3 is 0 Å². The SMILES string of the molecule is CC(C)(C)c1ccc(N2c3cc(N4c5ccccc5C(C)(C)c5ccccc54)cc4c3B(c3cc5c(cc3N4c3cc(C(C)(C)C)cc(C(C)(C)C)c3)C(C)(C)CCC5(C)C)c3oc4cc5c(cc4c32)C(C)(C)CCC5(C)C)cc1. The zero-order valence-electron chi connectivity index (χ0n) is 51.8. The average molecular weight is 1060 g/mol. The van der Waals surface area contributed by atoms with Gasteiger partial charge in [0.1, 0.15) is 5.58 Å². The highest BCUT2D eigenvalue weighted by atomic mass is 16.3. The van der Waals surface area contributed by atoms with E-state index < -0.39 is 0 Å². The van der Waals surface area contributed by atoms with Gasteiger partial charge < -0.3 is 19.1 Å². The molecule has 5 aliphatic rings. The fraction of sp³-hybridized carbons (Fsp3) is 0.413. The second kappa shape index (κ2) is 16.8. The zero-order chi connectivity index (χ0) is 57.0. The highest BCUT2D eigenvalue weighted by molar-refractivity contribution is 7.00. The molecule has 0 saturated carbocycles. The molecule has 8 aromatic rings. The number of fused-ring (bicyclic) bond motifs is 10. The lowest BCUT2D eigenvalue weighted by Crippen LogP contribution is -2.61. The van der Waals surface area contributed by atoms with E-state index in [2.05, 4.69) is 274 Å². The summed E-state index contributed by atoms with van der Waals surface area (Å²) in [5, 5.41) is 1.19. The lowest BCUT2D eigenvalue weighted by Gasteiger charge is -2.47. The summed E-state index contributed by atoms with van der Waals surface area (Å²) in [6, 6.07) is 50.8. The Kier molecular flexibility index (Phi) is 11.1. The molecule has 2 aliphatic carbocycles. The van der Waals surface area contributed by atoms with Crippen molar-refractivity contribution in [3.05, 3.63) is 177 Å². The largest absolute Gasteiger partial charge is 0.468 e. The topological polar surface area (TPSA) is 22.9 Å². The van der Waals surface area contributed by atoms with E-state index >= 15 is 0 Å². The van der Waals surface area contributed by atoms with E-state index in [-0.39, 0.29) is 50.0 Å². The number of benzene rings is 7. The van der Waals surface area contributed by atoms with Crippen LogP contribution in [0.15, 0.2) is 132 Å². The first-order chi connectivity index (χ1) is 37.3. The Morgan fingerprint density at radius 1 is 0.388 bits per heavy atom. The van der Waals surface area contributed by atoms with E-state index in [1.807, 2.05) is 0 Å². The van der Waals surface area contributed by atoms with Crippen molar-refractivity contribution in [2.24, 2.45) is 0 Å². The second-order valence-corrected chi connectivity index (χ2v) is 31.3. The molecule has 0 amide bonds. The number of furan rings is 1. The normalized spacial score (nSPS) is 18.9. The third-order valence-corrected chi connectivity index (χ3v) is 20.4. The van der Waals surface area contributed by atoms with Crippen LogP contribution in [0.2, 0.25) is 0 Å². The van der Waals surface area contributed by atoms with E-state index in [4.69, 9.17) is 4.42 Å². The molecule has 0 atom stereocenters. The van der Waals surface area contributed by atoms with Gasteiger partial charge in [0.05, 0.1) is 28.4 Å². The third kappa shape index (κ3) is 7.81. The van der Waals surface area contributed by atoms with Gasteiger partial charge in [-0.2, -0.15) is 0 Å². The van der Waals surface area contributed by atoms with Crippen LogP contribution in [0.5, 0.6) is 0 Å². The van der Waals surface area contributed by atoms with Gasteiger partial charge in [0.2, 0.25) is 0 Å². The summed E-state index contributed by atoms with van der Waals surface area (Å²) < 4.78 is 7.85. The van der Waals surface area contributed by atoms with E-state index in [0.29, 0.717) is 0 Å². The molecule has 0 fully saturated rings. The monoisotopic (exact) mass is 1060 g/mol. The van der Waals surface area contributed by atoms with Crippen LogP contribution in [0.1, 0.15) is 207 Å². The van der Waals surface area contributed by atoms with Crippen molar-refractivity contribution in [1.29, 1.82) is 0 Å². The smallest absolute Gasteiger partial charge is 0.297 e. The molecule has 3 aliphatic heterocycles. The van der Waals surface area contributed by atoms with Crippen molar-refractivity contribution < 1.29 is 4.42 Å². The van der Waals surface area contributed by atoms with Crippen molar-refractivity contribution in [1.82, 2.24) is 0 Å². The van der Waals surface area contributed by atoms with Crippen molar-refractivity contribution in [3.8, 4) is 0 Å². The molecule has 0 radical (unpaired) electrons. The Labute approximate surface area is 480 Å². The molecule has 0 bridgehead atoms. The first-order valence-electron chi connectivity index (χ1n) is 30.1. The molecule has 410 valence electrons. The van der Waals surface area contributed by atoms with Gasteiger partial charge in [-0.3, -0.25) is 0 Å². The number of hydrogen-bond acceptors (Lipinski definition) is 4. The molecule has 80 heavy (non-hydrogen) atoms. The molecule has 7 aromatic carbocycles. The van der Waals surface area contributed by atoms with Gasteiger partial charge in [-0.25, -0.2) is 0 Å². The summed E-state index contributed by atoms with van der Waals surface area (Å²) in [6.45, 7) is 45.6. The Morgan fingerprint density at radius 2 is 0.825 bits per heavy atom. The number of nitrogens with zero attached hydrogens (tertiary/aromatic N) is 3. The predicted octanol–water partition coefficient (Wildman–Crippen LogP) is 19.2. The van der Waals surface area contributed by atoms with E-state index in [9.17, 15) is 0 Å². The van der Waals surface area contributed by atoms with Crippen molar-refractivity contribution >= 4 is 85.5 Å². The van der Waals surface area contributed by atoms with E-state index in [1.54, 1.807) is 0 Å². The molecule has 0 N–H and O–H groups in total. The van der Waals surface area contributed by atoms with Crippen LogP contribution >= 0.6 is 0 Å². The minimum atomic E-state index is -0.217. The molecule has 0 unspecified atom stereocenters. The number of rotatable bonds is 3. The second-order valence-electron chi connectivity index (χ2n) is 31.3. The molecule has 0 spiro atoms. The van der Waals surface area contributed by atoms with Crippen LogP contribution in [0.25, 0.3) is 11.0 Å². The fourth-order valence-electron chi connectivity index (χ4n) is 14.9.